The van der Waals surface area contributed by atoms with Gasteiger partial charge < -0.3 is 19.5 Å². The zero-order valence-electron chi connectivity index (χ0n) is 11.2. The van der Waals surface area contributed by atoms with Gasteiger partial charge in [-0.05, 0) is 6.42 Å². The lowest BCUT2D eigenvalue weighted by atomic mass is 9.95. The lowest BCUT2D eigenvalue weighted by Gasteiger charge is -2.37. The number of nitrogens with zero attached hydrogens (tertiary/aromatic N) is 2. The standard InChI is InChI=1S/C13H19ClN2O3/c1-18-8-9-7-16(4-3-12(9)17)11-5-13(19-2)15-6-10(11)14/h5-6,9,12,17H,3-4,7-8H2,1-2H3. The molecular formula is C13H19ClN2O3. The van der Waals surface area contributed by atoms with Gasteiger partial charge in [0.25, 0.3) is 0 Å². The minimum Gasteiger partial charge on any atom is -0.481 e. The van der Waals surface area contributed by atoms with Crippen molar-refractivity contribution in [1.82, 2.24) is 4.98 Å². The number of methoxy groups -OCH3 is 2. The summed E-state index contributed by atoms with van der Waals surface area (Å²) in [6.07, 6.45) is 1.97. The first-order chi connectivity index (χ1) is 9.15. The number of pyridine rings is 1. The van der Waals surface area contributed by atoms with Gasteiger partial charge in [-0.15, -0.1) is 0 Å². The summed E-state index contributed by atoms with van der Waals surface area (Å²) in [5.74, 6) is 0.628. The molecule has 0 bridgehead atoms. The molecule has 1 aromatic heterocycles. The second-order valence-electron chi connectivity index (χ2n) is 4.70. The monoisotopic (exact) mass is 286 g/mol. The van der Waals surface area contributed by atoms with Crippen molar-refractivity contribution in [1.29, 1.82) is 0 Å². The molecule has 1 fully saturated rings. The minimum atomic E-state index is -0.321. The van der Waals surface area contributed by atoms with Crippen LogP contribution in [0.4, 0.5) is 5.69 Å². The van der Waals surface area contributed by atoms with E-state index in [4.69, 9.17) is 21.1 Å². The quantitative estimate of drug-likeness (QED) is 0.911. The molecule has 5 nitrogen and oxygen atoms in total. The lowest BCUT2D eigenvalue weighted by molar-refractivity contribution is 0.0359. The normalized spacial score (nSPS) is 23.5. The van der Waals surface area contributed by atoms with E-state index in [9.17, 15) is 5.11 Å². The number of hydrogen-bond donors (Lipinski definition) is 1. The Morgan fingerprint density at radius 2 is 2.32 bits per heavy atom. The molecule has 0 radical (unpaired) electrons. The predicted octanol–water partition coefficient (Wildman–Crippen LogP) is 1.58. The van der Waals surface area contributed by atoms with E-state index in [2.05, 4.69) is 9.88 Å². The number of piperidine rings is 1. The average Bonchev–Trinajstić information content (AvgIpc) is 2.42. The molecule has 0 spiro atoms. The van der Waals surface area contributed by atoms with E-state index in [0.717, 1.165) is 12.2 Å². The second-order valence-corrected chi connectivity index (χ2v) is 5.10. The average molecular weight is 287 g/mol. The van der Waals surface area contributed by atoms with E-state index >= 15 is 0 Å². The van der Waals surface area contributed by atoms with Gasteiger partial charge in [0.1, 0.15) is 0 Å². The Morgan fingerprint density at radius 3 is 3.00 bits per heavy atom. The largest absolute Gasteiger partial charge is 0.481 e. The minimum absolute atomic E-state index is 0.0916. The van der Waals surface area contributed by atoms with Gasteiger partial charge in [-0.1, -0.05) is 11.6 Å². The van der Waals surface area contributed by atoms with Crippen LogP contribution in [0.1, 0.15) is 6.42 Å². The van der Waals surface area contributed by atoms with Gasteiger partial charge in [0.05, 0.1) is 36.7 Å². The van der Waals surface area contributed by atoms with Gasteiger partial charge in [0.15, 0.2) is 0 Å². The van der Waals surface area contributed by atoms with Crippen molar-refractivity contribution >= 4 is 17.3 Å². The predicted molar refractivity (Wildman–Crippen MR) is 74.0 cm³/mol. The second kappa shape index (κ2) is 6.41. The molecule has 1 N–H and O–H groups in total. The highest BCUT2D eigenvalue weighted by Gasteiger charge is 2.28. The molecule has 6 heteroatoms. The van der Waals surface area contributed by atoms with Crippen molar-refractivity contribution < 1.29 is 14.6 Å². The number of ether oxygens (including phenoxy) is 2. The summed E-state index contributed by atoms with van der Waals surface area (Å²) in [5.41, 5.74) is 0.890. The SMILES string of the molecule is COCC1CN(c2cc(OC)ncc2Cl)CCC1O. The van der Waals surface area contributed by atoms with Crippen molar-refractivity contribution in [2.45, 2.75) is 12.5 Å². The fraction of sp³-hybridized carbons (Fsp3) is 0.615. The van der Waals surface area contributed by atoms with Crippen molar-refractivity contribution in [2.75, 3.05) is 38.8 Å². The van der Waals surface area contributed by atoms with Crippen molar-refractivity contribution in [3.05, 3.63) is 17.3 Å². The van der Waals surface area contributed by atoms with Crippen LogP contribution in [0.2, 0.25) is 5.02 Å². The molecule has 1 aromatic rings. The fourth-order valence-electron chi connectivity index (χ4n) is 2.38. The van der Waals surface area contributed by atoms with Crippen LogP contribution in [0.3, 0.4) is 0 Å². The van der Waals surface area contributed by atoms with E-state index in [0.29, 0.717) is 30.5 Å². The van der Waals surface area contributed by atoms with Gasteiger partial charge >= 0.3 is 0 Å². The van der Waals surface area contributed by atoms with Crippen LogP contribution in [-0.2, 0) is 4.74 Å². The zero-order valence-corrected chi connectivity index (χ0v) is 11.9. The number of rotatable bonds is 4. The summed E-state index contributed by atoms with van der Waals surface area (Å²) in [7, 11) is 3.22. The van der Waals surface area contributed by atoms with Crippen LogP contribution in [0, 0.1) is 5.92 Å². The van der Waals surface area contributed by atoms with Crippen LogP contribution in [0.5, 0.6) is 5.88 Å². The summed E-state index contributed by atoms with van der Waals surface area (Å²) < 4.78 is 10.3. The Balaban J connectivity index is 2.17. The first kappa shape index (κ1) is 14.4. The summed E-state index contributed by atoms with van der Waals surface area (Å²) in [6, 6.07) is 1.82. The van der Waals surface area contributed by atoms with E-state index < -0.39 is 0 Å². The fourth-order valence-corrected chi connectivity index (χ4v) is 2.60. The van der Waals surface area contributed by atoms with Crippen molar-refractivity contribution in [3.63, 3.8) is 0 Å². The molecule has 2 atom stereocenters. The Hall–Kier alpha value is -1.04. The highest BCUT2D eigenvalue weighted by Crippen LogP contribution is 2.31. The molecule has 106 valence electrons. The molecule has 0 aliphatic carbocycles. The third-order valence-corrected chi connectivity index (χ3v) is 3.73. The Morgan fingerprint density at radius 1 is 1.53 bits per heavy atom. The maximum Gasteiger partial charge on any atom is 0.215 e. The molecule has 2 heterocycles. The molecule has 1 saturated heterocycles. The smallest absolute Gasteiger partial charge is 0.215 e. The van der Waals surface area contributed by atoms with Crippen LogP contribution in [0.15, 0.2) is 12.3 Å². The third-order valence-electron chi connectivity index (χ3n) is 3.43. The van der Waals surface area contributed by atoms with Gasteiger partial charge in [0.2, 0.25) is 5.88 Å². The van der Waals surface area contributed by atoms with E-state index in [1.165, 1.54) is 0 Å². The molecule has 2 unspecified atom stereocenters. The zero-order chi connectivity index (χ0) is 13.8. The number of hydrogen-bond acceptors (Lipinski definition) is 5. The highest BCUT2D eigenvalue weighted by atomic mass is 35.5. The van der Waals surface area contributed by atoms with Gasteiger partial charge in [-0.25, -0.2) is 4.98 Å². The number of aliphatic hydroxyl groups excluding tert-OH is 1. The molecular weight excluding hydrogens is 268 g/mol. The van der Waals surface area contributed by atoms with Crippen molar-refractivity contribution in [2.24, 2.45) is 5.92 Å². The maximum atomic E-state index is 9.96. The van der Waals surface area contributed by atoms with Crippen LogP contribution >= 0.6 is 11.6 Å². The van der Waals surface area contributed by atoms with Crippen LogP contribution in [-0.4, -0.2) is 50.1 Å². The third kappa shape index (κ3) is 3.29. The van der Waals surface area contributed by atoms with E-state index in [1.54, 1.807) is 20.4 Å². The topological polar surface area (TPSA) is 54.8 Å². The maximum absolute atomic E-state index is 9.96. The summed E-state index contributed by atoms with van der Waals surface area (Å²) in [4.78, 5) is 6.21. The first-order valence-corrected chi connectivity index (χ1v) is 6.65. The molecule has 0 amide bonds. The number of aromatic nitrogens is 1. The molecule has 0 saturated carbocycles. The van der Waals surface area contributed by atoms with Crippen molar-refractivity contribution in [3.8, 4) is 5.88 Å². The first-order valence-electron chi connectivity index (χ1n) is 6.27. The van der Waals surface area contributed by atoms with Gasteiger partial charge in [-0.3, -0.25) is 0 Å². The molecule has 19 heavy (non-hydrogen) atoms. The molecule has 1 aliphatic rings. The summed E-state index contributed by atoms with van der Waals surface area (Å²) in [6.45, 7) is 2.01. The molecule has 2 rings (SSSR count). The summed E-state index contributed by atoms with van der Waals surface area (Å²) >= 11 is 6.19. The number of halogens is 1. The van der Waals surface area contributed by atoms with Crippen LogP contribution in [0.25, 0.3) is 0 Å². The Kier molecular flexibility index (Phi) is 4.85. The Bertz CT molecular complexity index is 430. The highest BCUT2D eigenvalue weighted by molar-refractivity contribution is 6.33. The van der Waals surface area contributed by atoms with Gasteiger partial charge in [0, 0.05) is 32.2 Å². The van der Waals surface area contributed by atoms with Crippen LogP contribution < -0.4 is 9.64 Å². The molecule has 0 aromatic carbocycles. The lowest BCUT2D eigenvalue weighted by Crippen LogP contribution is -2.45. The summed E-state index contributed by atoms with van der Waals surface area (Å²) in [5, 5.41) is 10.5. The van der Waals surface area contributed by atoms with E-state index in [1.807, 2.05) is 6.07 Å². The number of anilines is 1. The Labute approximate surface area is 118 Å². The molecule has 1 aliphatic heterocycles. The van der Waals surface area contributed by atoms with Gasteiger partial charge in [-0.2, -0.15) is 0 Å². The number of aliphatic hydroxyl groups is 1. The van der Waals surface area contributed by atoms with E-state index in [-0.39, 0.29) is 12.0 Å².